The molecule has 4 rings (SSSR count). The van der Waals surface area contributed by atoms with Crippen LogP contribution >= 0.6 is 0 Å². The number of aromatic nitrogens is 1. The minimum Gasteiger partial charge on any atom is -0.507 e. The maximum atomic E-state index is 13.4. The fourth-order valence-corrected chi connectivity index (χ4v) is 3.65. The molecule has 7 nitrogen and oxygen atoms in total. The van der Waals surface area contributed by atoms with Crippen LogP contribution in [0.1, 0.15) is 32.9 Å². The molecule has 0 aliphatic rings. The summed E-state index contributed by atoms with van der Waals surface area (Å²) in [6.45, 7) is 0.406. The third-order valence-electron chi connectivity index (χ3n) is 5.50. The van der Waals surface area contributed by atoms with Gasteiger partial charge < -0.3 is 19.8 Å². The van der Waals surface area contributed by atoms with Crippen LogP contribution in [-0.4, -0.2) is 40.6 Å². The number of carbonyl (C=O) groups is 2. The Kier molecular flexibility index (Phi) is 7.39. The number of nitrogens with one attached hydrogen (secondary N) is 1. The molecule has 0 atom stereocenters. The van der Waals surface area contributed by atoms with Gasteiger partial charge in [-0.3, -0.25) is 9.59 Å². The molecule has 0 unspecified atom stereocenters. The first-order chi connectivity index (χ1) is 17.3. The molecule has 2 N–H and O–H groups in total. The van der Waals surface area contributed by atoms with Gasteiger partial charge in [-0.05, 0) is 30.7 Å². The zero-order valence-corrected chi connectivity index (χ0v) is 19.4. The number of hydrogen-bond donors (Lipinski definition) is 2. The van der Waals surface area contributed by atoms with Crippen LogP contribution in [0.4, 0.5) is 14.5 Å². The Morgan fingerprint density at radius 1 is 1.00 bits per heavy atom. The third-order valence-corrected chi connectivity index (χ3v) is 5.50. The van der Waals surface area contributed by atoms with Gasteiger partial charge in [-0.2, -0.15) is 0 Å². The van der Waals surface area contributed by atoms with Crippen LogP contribution in [0.15, 0.2) is 77.3 Å². The number of phenols is 1. The van der Waals surface area contributed by atoms with Crippen LogP contribution in [0, 0.1) is 11.6 Å². The quantitative estimate of drug-likeness (QED) is 0.350. The van der Waals surface area contributed by atoms with E-state index in [-0.39, 0.29) is 22.6 Å². The van der Waals surface area contributed by atoms with Crippen LogP contribution in [-0.2, 0) is 6.42 Å². The van der Waals surface area contributed by atoms with E-state index in [1.54, 1.807) is 7.05 Å². The zero-order valence-electron chi connectivity index (χ0n) is 19.4. The number of phenolic OH excluding ortho intramolecular Hbond substituents is 1. The molecule has 1 heterocycles. The van der Waals surface area contributed by atoms with Crippen LogP contribution < -0.4 is 5.32 Å². The van der Waals surface area contributed by atoms with E-state index in [1.807, 2.05) is 36.4 Å². The molecule has 0 fully saturated rings. The number of benzene rings is 3. The Hall–Kier alpha value is -4.53. The molecule has 0 saturated heterocycles. The molecule has 3 aromatic carbocycles. The number of amides is 2. The maximum Gasteiger partial charge on any atom is 0.257 e. The molecule has 0 aliphatic heterocycles. The van der Waals surface area contributed by atoms with Crippen molar-refractivity contribution >= 4 is 17.5 Å². The lowest BCUT2D eigenvalue weighted by atomic mass is 10.1. The Bertz CT molecular complexity index is 1370. The van der Waals surface area contributed by atoms with Crippen LogP contribution in [0.2, 0.25) is 0 Å². The van der Waals surface area contributed by atoms with E-state index in [2.05, 4.69) is 10.5 Å². The number of halogens is 2. The van der Waals surface area contributed by atoms with E-state index in [0.717, 1.165) is 23.4 Å². The molecule has 0 radical (unpaired) electrons. The van der Waals surface area contributed by atoms with Gasteiger partial charge in [0.2, 0.25) is 0 Å². The second-order valence-corrected chi connectivity index (χ2v) is 8.22. The molecule has 9 heteroatoms. The Labute approximate surface area is 206 Å². The molecule has 184 valence electrons. The standard InChI is InChI=1S/C27H23F2N3O4/c1-32(11-5-8-22-16-24(31-36-22)17-6-3-2-4-7-17)27(35)23-10-9-21(15-25(23)33)30-26(34)18-12-19(28)14-20(29)13-18/h2-4,6-7,9-10,12-16,33H,5,8,11H2,1H3,(H,30,34). The second kappa shape index (κ2) is 10.8. The number of rotatable bonds is 8. The van der Waals surface area contributed by atoms with Crippen molar-refractivity contribution in [3.05, 3.63) is 101 Å². The largest absolute Gasteiger partial charge is 0.507 e. The van der Waals surface area contributed by atoms with Crippen LogP contribution in [0.3, 0.4) is 0 Å². The average molecular weight is 491 g/mol. The Balaban J connectivity index is 1.32. The summed E-state index contributed by atoms with van der Waals surface area (Å²) in [4.78, 5) is 26.5. The zero-order chi connectivity index (χ0) is 25.7. The summed E-state index contributed by atoms with van der Waals surface area (Å²) in [5.41, 5.74) is 1.71. The van der Waals surface area contributed by atoms with E-state index in [1.165, 1.54) is 23.1 Å². The molecule has 1 aromatic heterocycles. The average Bonchev–Trinajstić information content (AvgIpc) is 3.32. The van der Waals surface area contributed by atoms with Crippen LogP contribution in [0.5, 0.6) is 5.75 Å². The van der Waals surface area contributed by atoms with Gasteiger partial charge in [0.25, 0.3) is 11.8 Å². The normalized spacial score (nSPS) is 10.8. The predicted molar refractivity (Wildman–Crippen MR) is 130 cm³/mol. The fraction of sp³-hybridized carbons (Fsp3) is 0.148. The molecule has 0 aliphatic carbocycles. The summed E-state index contributed by atoms with van der Waals surface area (Å²) in [5.74, 6) is -2.56. The summed E-state index contributed by atoms with van der Waals surface area (Å²) in [6.07, 6.45) is 1.19. The molecule has 2 amide bonds. The van der Waals surface area contributed by atoms with Crippen molar-refractivity contribution in [1.29, 1.82) is 0 Å². The topological polar surface area (TPSA) is 95.7 Å². The van der Waals surface area contributed by atoms with E-state index in [9.17, 15) is 23.5 Å². The highest BCUT2D eigenvalue weighted by Crippen LogP contribution is 2.24. The Morgan fingerprint density at radius 2 is 1.72 bits per heavy atom. The first kappa shape index (κ1) is 24.6. The first-order valence-electron chi connectivity index (χ1n) is 11.2. The molecule has 0 spiro atoms. The van der Waals surface area contributed by atoms with E-state index >= 15 is 0 Å². The van der Waals surface area contributed by atoms with Crippen LogP contribution in [0.25, 0.3) is 11.3 Å². The lowest BCUT2D eigenvalue weighted by Gasteiger charge is -2.18. The van der Waals surface area contributed by atoms with Crippen molar-refractivity contribution < 1.29 is 28.0 Å². The van der Waals surface area contributed by atoms with Crippen molar-refractivity contribution in [1.82, 2.24) is 10.1 Å². The number of aromatic hydroxyl groups is 1. The van der Waals surface area contributed by atoms with Gasteiger partial charge in [0.1, 0.15) is 28.8 Å². The second-order valence-electron chi connectivity index (χ2n) is 8.22. The van der Waals surface area contributed by atoms with Crippen molar-refractivity contribution in [2.75, 3.05) is 18.9 Å². The monoisotopic (exact) mass is 491 g/mol. The number of nitrogens with zero attached hydrogens (tertiary/aromatic N) is 2. The van der Waals surface area contributed by atoms with Gasteiger partial charge >= 0.3 is 0 Å². The van der Waals surface area contributed by atoms with Gasteiger partial charge in [-0.25, -0.2) is 8.78 Å². The number of aryl methyl sites for hydroxylation is 1. The van der Waals surface area contributed by atoms with E-state index in [0.29, 0.717) is 31.2 Å². The first-order valence-corrected chi connectivity index (χ1v) is 11.2. The molecular weight excluding hydrogens is 468 g/mol. The molecular formula is C27H23F2N3O4. The molecule has 4 aromatic rings. The third kappa shape index (κ3) is 5.93. The minimum atomic E-state index is -0.882. The van der Waals surface area contributed by atoms with Crippen molar-refractivity contribution in [2.24, 2.45) is 0 Å². The molecule has 0 bridgehead atoms. The van der Waals surface area contributed by atoms with Crippen molar-refractivity contribution in [3.63, 3.8) is 0 Å². The lowest BCUT2D eigenvalue weighted by Crippen LogP contribution is -2.28. The van der Waals surface area contributed by atoms with Crippen molar-refractivity contribution in [2.45, 2.75) is 12.8 Å². The number of anilines is 1. The Morgan fingerprint density at radius 3 is 2.42 bits per heavy atom. The minimum absolute atomic E-state index is 0.0540. The molecule has 0 saturated carbocycles. The van der Waals surface area contributed by atoms with E-state index in [4.69, 9.17) is 4.52 Å². The summed E-state index contributed by atoms with van der Waals surface area (Å²) in [5, 5.41) is 16.9. The predicted octanol–water partition coefficient (Wildman–Crippen LogP) is 5.28. The van der Waals surface area contributed by atoms with Gasteiger partial charge in [0, 0.05) is 55.0 Å². The number of hydrogen-bond acceptors (Lipinski definition) is 5. The highest BCUT2D eigenvalue weighted by molar-refractivity contribution is 6.05. The number of carbonyl (C=O) groups excluding carboxylic acids is 2. The summed E-state index contributed by atoms with van der Waals surface area (Å²) < 4.78 is 32.1. The van der Waals surface area contributed by atoms with Gasteiger partial charge in [-0.1, -0.05) is 35.5 Å². The highest BCUT2D eigenvalue weighted by atomic mass is 19.1. The fourth-order valence-electron chi connectivity index (χ4n) is 3.65. The smallest absolute Gasteiger partial charge is 0.257 e. The SMILES string of the molecule is CN(CCCc1cc(-c2ccccc2)no1)C(=O)c1ccc(NC(=O)c2cc(F)cc(F)c2)cc1O. The van der Waals surface area contributed by atoms with Gasteiger partial charge in [0.05, 0.1) is 5.56 Å². The molecule has 36 heavy (non-hydrogen) atoms. The van der Waals surface area contributed by atoms with E-state index < -0.39 is 23.4 Å². The lowest BCUT2D eigenvalue weighted by molar-refractivity contribution is 0.0789. The highest BCUT2D eigenvalue weighted by Gasteiger charge is 2.18. The maximum absolute atomic E-state index is 13.4. The summed E-state index contributed by atoms with van der Waals surface area (Å²) in [6, 6.07) is 18.0. The van der Waals surface area contributed by atoms with Gasteiger partial charge in [-0.15, -0.1) is 0 Å². The summed E-state index contributed by atoms with van der Waals surface area (Å²) in [7, 11) is 1.62. The summed E-state index contributed by atoms with van der Waals surface area (Å²) >= 11 is 0. The van der Waals surface area contributed by atoms with Crippen molar-refractivity contribution in [3.8, 4) is 17.0 Å². The van der Waals surface area contributed by atoms with Gasteiger partial charge in [0.15, 0.2) is 0 Å².